The van der Waals surface area contributed by atoms with E-state index in [0.717, 1.165) is 37.5 Å². The van der Waals surface area contributed by atoms with Gasteiger partial charge in [0, 0.05) is 7.11 Å². The van der Waals surface area contributed by atoms with Crippen LogP contribution in [0.25, 0.3) is 0 Å². The van der Waals surface area contributed by atoms with Crippen LogP contribution < -0.4 is 5.32 Å². The second kappa shape index (κ2) is 5.21. The highest BCUT2D eigenvalue weighted by Gasteiger charge is 2.42. The summed E-state index contributed by atoms with van der Waals surface area (Å²) in [5.74, 6) is 2.06. The number of aromatic nitrogens is 2. The zero-order valence-corrected chi connectivity index (χ0v) is 11.8. The lowest BCUT2D eigenvalue weighted by atomic mass is 9.92. The number of rotatable bonds is 6. The molecule has 1 aromatic rings. The minimum atomic E-state index is -0.0954. The van der Waals surface area contributed by atoms with E-state index >= 15 is 0 Å². The van der Waals surface area contributed by atoms with E-state index in [1.807, 2.05) is 0 Å². The summed E-state index contributed by atoms with van der Waals surface area (Å²) < 4.78 is 11.1. The highest BCUT2D eigenvalue weighted by molar-refractivity contribution is 5.08. The summed E-state index contributed by atoms with van der Waals surface area (Å²) in [6.07, 6.45) is 6.85. The molecule has 1 N–H and O–H groups in total. The van der Waals surface area contributed by atoms with Crippen molar-refractivity contribution in [3.05, 3.63) is 11.7 Å². The molecule has 2 heterocycles. The Bertz CT molecular complexity index is 422. The molecule has 3 rings (SSSR count). The first-order valence-corrected chi connectivity index (χ1v) is 7.41. The van der Waals surface area contributed by atoms with E-state index < -0.39 is 0 Å². The van der Waals surface area contributed by atoms with Gasteiger partial charge in [-0.2, -0.15) is 4.98 Å². The molecule has 2 unspecified atom stereocenters. The molecule has 0 radical (unpaired) electrons. The van der Waals surface area contributed by atoms with Gasteiger partial charge in [-0.05, 0) is 44.6 Å². The fourth-order valence-corrected chi connectivity index (χ4v) is 3.19. The van der Waals surface area contributed by atoms with Gasteiger partial charge in [-0.15, -0.1) is 0 Å². The molecule has 5 nitrogen and oxygen atoms in total. The molecule has 0 spiro atoms. The quantitative estimate of drug-likeness (QED) is 0.856. The van der Waals surface area contributed by atoms with Crippen molar-refractivity contribution in [3.63, 3.8) is 0 Å². The maximum Gasteiger partial charge on any atom is 0.247 e. The second-order valence-electron chi connectivity index (χ2n) is 5.81. The molecule has 0 amide bonds. The van der Waals surface area contributed by atoms with Crippen molar-refractivity contribution in [1.29, 1.82) is 0 Å². The summed E-state index contributed by atoms with van der Waals surface area (Å²) in [7, 11) is 1.73. The third kappa shape index (κ3) is 2.41. The minimum Gasteiger partial charge on any atom is -0.373 e. The Hall–Kier alpha value is -0.940. The van der Waals surface area contributed by atoms with E-state index in [1.54, 1.807) is 7.11 Å². The zero-order valence-electron chi connectivity index (χ0n) is 11.8. The topological polar surface area (TPSA) is 60.2 Å². The molecule has 5 heteroatoms. The third-order valence-corrected chi connectivity index (χ3v) is 4.33. The van der Waals surface area contributed by atoms with Gasteiger partial charge in [-0.3, -0.25) is 0 Å². The summed E-state index contributed by atoms with van der Waals surface area (Å²) >= 11 is 0. The van der Waals surface area contributed by atoms with Crippen LogP contribution in [0.15, 0.2) is 4.52 Å². The predicted octanol–water partition coefficient (Wildman–Crippen LogP) is 2.55. The second-order valence-corrected chi connectivity index (χ2v) is 5.81. The number of nitrogens with zero attached hydrogens (tertiary/aromatic N) is 2. The van der Waals surface area contributed by atoms with Gasteiger partial charge in [0.25, 0.3) is 0 Å². The van der Waals surface area contributed by atoms with E-state index in [-0.39, 0.29) is 11.6 Å². The molecule has 0 aromatic carbocycles. The lowest BCUT2D eigenvalue weighted by Crippen LogP contribution is -2.37. The highest BCUT2D eigenvalue weighted by atomic mass is 16.5. The lowest BCUT2D eigenvalue weighted by Gasteiger charge is -2.24. The van der Waals surface area contributed by atoms with Crippen LogP contribution in [0.2, 0.25) is 0 Å². The predicted molar refractivity (Wildman–Crippen MR) is 70.6 cm³/mol. The molecule has 106 valence electrons. The first-order chi connectivity index (χ1) is 9.29. The van der Waals surface area contributed by atoms with Crippen LogP contribution in [0.3, 0.4) is 0 Å². The van der Waals surface area contributed by atoms with Gasteiger partial charge in [0.1, 0.15) is 6.10 Å². The summed E-state index contributed by atoms with van der Waals surface area (Å²) in [6.45, 7) is 3.23. The fraction of sp³-hybridized carbons (Fsp3) is 0.857. The standard InChI is InChI=1S/C14H23N3O2/c1-3-7-14(8-4-9-15-14)13-16-12(17-19-13)11(18-2)10-5-6-10/h10-11,15H,3-9H2,1-2H3. The van der Waals surface area contributed by atoms with Crippen molar-refractivity contribution in [1.82, 2.24) is 15.5 Å². The number of methoxy groups -OCH3 is 1. The van der Waals surface area contributed by atoms with Crippen molar-refractivity contribution in [3.8, 4) is 0 Å². The smallest absolute Gasteiger partial charge is 0.247 e. The van der Waals surface area contributed by atoms with E-state index in [4.69, 9.17) is 9.26 Å². The Morgan fingerprint density at radius 1 is 1.53 bits per heavy atom. The molecule has 1 saturated carbocycles. The van der Waals surface area contributed by atoms with Gasteiger partial charge in [0.2, 0.25) is 11.7 Å². The zero-order chi connectivity index (χ0) is 13.3. The van der Waals surface area contributed by atoms with Crippen molar-refractivity contribution < 1.29 is 9.26 Å². The van der Waals surface area contributed by atoms with Gasteiger partial charge in [0.15, 0.2) is 0 Å². The molecule has 1 aliphatic heterocycles. The summed E-state index contributed by atoms with van der Waals surface area (Å²) in [5, 5.41) is 7.73. The molecule has 2 fully saturated rings. The SMILES string of the molecule is CCCC1(c2nc(C(OC)C3CC3)no2)CCCN1. The lowest BCUT2D eigenvalue weighted by molar-refractivity contribution is 0.0751. The van der Waals surface area contributed by atoms with Gasteiger partial charge in [0.05, 0.1) is 5.54 Å². The number of hydrogen-bond donors (Lipinski definition) is 1. The Morgan fingerprint density at radius 3 is 2.95 bits per heavy atom. The Kier molecular flexibility index (Phi) is 3.58. The van der Waals surface area contributed by atoms with Crippen LogP contribution in [-0.4, -0.2) is 23.8 Å². The molecule has 2 atom stereocenters. The first kappa shape index (κ1) is 13.1. The highest BCUT2D eigenvalue weighted by Crippen LogP contribution is 2.43. The van der Waals surface area contributed by atoms with Crippen molar-refractivity contribution in [2.45, 2.75) is 57.1 Å². The third-order valence-electron chi connectivity index (χ3n) is 4.33. The summed E-state index contributed by atoms with van der Waals surface area (Å²) in [4.78, 5) is 4.65. The molecule has 0 bridgehead atoms. The maximum atomic E-state index is 5.56. The van der Waals surface area contributed by atoms with Crippen LogP contribution in [0.4, 0.5) is 0 Å². The van der Waals surface area contributed by atoms with Crippen molar-refractivity contribution in [2.24, 2.45) is 5.92 Å². The Morgan fingerprint density at radius 2 is 2.37 bits per heavy atom. The van der Waals surface area contributed by atoms with E-state index in [1.165, 1.54) is 19.3 Å². The van der Waals surface area contributed by atoms with Gasteiger partial charge >= 0.3 is 0 Å². The summed E-state index contributed by atoms with van der Waals surface area (Å²) in [5.41, 5.74) is -0.0954. The molecular formula is C14H23N3O2. The van der Waals surface area contributed by atoms with Crippen LogP contribution in [0, 0.1) is 5.92 Å². The number of hydrogen-bond acceptors (Lipinski definition) is 5. The molecule has 19 heavy (non-hydrogen) atoms. The molecule has 1 aliphatic carbocycles. The number of ether oxygens (including phenoxy) is 1. The Balaban J connectivity index is 1.82. The number of nitrogens with one attached hydrogen (secondary N) is 1. The van der Waals surface area contributed by atoms with Gasteiger partial charge < -0.3 is 14.6 Å². The first-order valence-electron chi connectivity index (χ1n) is 7.41. The van der Waals surface area contributed by atoms with E-state index in [9.17, 15) is 0 Å². The Labute approximate surface area is 114 Å². The van der Waals surface area contributed by atoms with Crippen molar-refractivity contribution in [2.75, 3.05) is 13.7 Å². The van der Waals surface area contributed by atoms with Crippen LogP contribution in [0.5, 0.6) is 0 Å². The maximum absolute atomic E-state index is 5.56. The van der Waals surface area contributed by atoms with Gasteiger partial charge in [-0.25, -0.2) is 0 Å². The monoisotopic (exact) mass is 265 g/mol. The van der Waals surface area contributed by atoms with E-state index in [2.05, 4.69) is 22.4 Å². The average molecular weight is 265 g/mol. The largest absolute Gasteiger partial charge is 0.373 e. The molecule has 1 aromatic heterocycles. The van der Waals surface area contributed by atoms with Crippen molar-refractivity contribution >= 4 is 0 Å². The van der Waals surface area contributed by atoms with Crippen LogP contribution >= 0.6 is 0 Å². The molecule has 2 aliphatic rings. The molecule has 1 saturated heterocycles. The molecular weight excluding hydrogens is 242 g/mol. The minimum absolute atomic E-state index is 0.0116. The van der Waals surface area contributed by atoms with E-state index in [0.29, 0.717) is 5.92 Å². The summed E-state index contributed by atoms with van der Waals surface area (Å²) in [6, 6.07) is 0. The fourth-order valence-electron chi connectivity index (χ4n) is 3.19. The average Bonchev–Trinajstić information content (AvgIpc) is 2.92. The van der Waals surface area contributed by atoms with Crippen LogP contribution in [0.1, 0.15) is 63.3 Å². The van der Waals surface area contributed by atoms with Crippen LogP contribution in [-0.2, 0) is 10.3 Å². The van der Waals surface area contributed by atoms with Gasteiger partial charge in [-0.1, -0.05) is 18.5 Å². The normalized spacial score (nSPS) is 28.7.